The van der Waals surface area contributed by atoms with E-state index in [-0.39, 0.29) is 152 Å². The van der Waals surface area contributed by atoms with Crippen molar-refractivity contribution in [2.45, 2.75) is 223 Å². The third-order valence-corrected chi connectivity index (χ3v) is 21.0. The van der Waals surface area contributed by atoms with Gasteiger partial charge in [0.15, 0.2) is 0 Å². The van der Waals surface area contributed by atoms with Gasteiger partial charge in [0.2, 0.25) is 0 Å². The van der Waals surface area contributed by atoms with Crippen LogP contribution in [0.25, 0.3) is 0 Å². The van der Waals surface area contributed by atoms with Crippen molar-refractivity contribution >= 4 is 86.0 Å². The van der Waals surface area contributed by atoms with Crippen LogP contribution in [0.15, 0.2) is 327 Å². The fourth-order valence-electron chi connectivity index (χ4n) is 14.7. The number of Topliss-reactive ketones (excluding diaryl/α,β-unsaturated/α-hetero) is 1. The molecule has 0 amide bonds. The van der Waals surface area contributed by atoms with E-state index in [0.29, 0.717) is 43.2 Å². The number of unbranched alkanes of at least 4 members (excludes halogenated alkanes) is 10. The minimum absolute atomic E-state index is 0. The number of carbonyl (C=O) groups excluding carboxylic acids is 6. The van der Waals surface area contributed by atoms with Crippen molar-refractivity contribution < 1.29 is 155 Å². The molecule has 0 saturated carbocycles. The number of aliphatic imine (C=N–C) groups is 5. The van der Waals surface area contributed by atoms with Gasteiger partial charge in [-0.2, -0.15) is 0 Å². The van der Waals surface area contributed by atoms with Crippen LogP contribution in [-0.4, -0.2) is 133 Å². The first-order valence-corrected chi connectivity index (χ1v) is 47.1. The number of allylic oxidation sites excluding steroid dienone is 10. The Morgan fingerprint density at radius 3 is 1.09 bits per heavy atom. The molecule has 5 aliphatic heterocycles. The van der Waals surface area contributed by atoms with Crippen LogP contribution in [0.4, 0.5) is 22.7 Å². The summed E-state index contributed by atoms with van der Waals surface area (Å²) in [4.78, 5) is 81.1. The minimum atomic E-state index is 0. The number of rotatable bonds is 24. The Hall–Kier alpha value is -10.7. The van der Waals surface area contributed by atoms with Gasteiger partial charge in [0.25, 0.3) is 0 Å². The smallest absolute Gasteiger partial charge is 0.319 e. The normalized spacial score (nSPS) is 13.0. The number of aryl methyl sites for hydroxylation is 3. The van der Waals surface area contributed by atoms with Crippen LogP contribution in [0.1, 0.15) is 259 Å². The zero-order chi connectivity index (χ0) is 97.8. The predicted octanol–water partition coefficient (Wildman–Crippen LogP) is 27.5. The predicted molar refractivity (Wildman–Crippen MR) is 564 cm³/mol. The first-order valence-electron chi connectivity index (χ1n) is 47.1. The van der Waals surface area contributed by atoms with Crippen molar-refractivity contribution in [2.24, 2.45) is 25.0 Å². The second-order valence-electron chi connectivity index (χ2n) is 33.2. The third-order valence-electron chi connectivity index (χ3n) is 21.0. The van der Waals surface area contributed by atoms with Gasteiger partial charge in [0, 0.05) is 138 Å². The number of aliphatic hydroxyl groups excluding tert-OH is 5. The van der Waals surface area contributed by atoms with Gasteiger partial charge >= 0.3 is 28.9 Å². The van der Waals surface area contributed by atoms with E-state index < -0.39 is 0 Å². The zero-order valence-corrected chi connectivity index (χ0v) is 94.6. The summed E-state index contributed by atoms with van der Waals surface area (Å²) in [6.45, 7) is 18.0. The molecule has 0 aliphatic carbocycles. The van der Waals surface area contributed by atoms with Crippen molar-refractivity contribution in [3.8, 4) is 0 Å². The Morgan fingerprint density at radius 2 is 0.671 bits per heavy atom. The number of hydrogen-bond acceptors (Lipinski definition) is 12. The van der Waals surface area contributed by atoms with E-state index in [1.165, 1.54) is 202 Å². The Labute approximate surface area is 899 Å². The second-order valence-corrected chi connectivity index (χ2v) is 33.2. The summed E-state index contributed by atoms with van der Waals surface area (Å²) in [5, 5.41) is 43.4. The molecule has 5 radical (unpaired) electrons. The van der Waals surface area contributed by atoms with E-state index in [4.69, 9.17) is 49.6 Å². The molecule has 10 aromatic carbocycles. The number of anilines is 1. The summed E-state index contributed by atoms with van der Waals surface area (Å²) in [7, 11) is 2.06. The molecule has 140 heavy (non-hydrogen) atoms. The fraction of sp³-hybridized carbons (Fsp3) is 0.314. The molecule has 10 aromatic rings. The van der Waals surface area contributed by atoms with Gasteiger partial charge in [-0.05, 0) is 166 Å². The first kappa shape index (κ1) is 127. The van der Waals surface area contributed by atoms with E-state index in [1.54, 1.807) is 6.08 Å². The summed E-state index contributed by atoms with van der Waals surface area (Å²) in [5.41, 5.74) is 22.3. The van der Waals surface area contributed by atoms with Crippen molar-refractivity contribution in [3.05, 3.63) is 393 Å². The average Bonchev–Trinajstić information content (AvgIpc) is 1.12. The van der Waals surface area contributed by atoms with E-state index in [1.807, 2.05) is 115 Å². The van der Waals surface area contributed by atoms with Gasteiger partial charge in [-0.3, -0.25) is 29.0 Å². The number of hydrogen-bond donors (Lipinski definition) is 5. The number of aliphatic hydroxyl groups is 5. The van der Waals surface area contributed by atoms with Crippen LogP contribution in [0, 0.1) is 30.3 Å². The quantitative estimate of drug-likeness (QED) is 0.0128. The number of carbonyl (C=O) groups is 1. The molecule has 0 unspecified atom stereocenters. The molecule has 0 aromatic heterocycles. The number of ketones is 6. The van der Waals surface area contributed by atoms with Crippen LogP contribution in [0.2, 0.25) is 0 Å². The molecule has 22 heteroatoms. The molecule has 5 heterocycles. The third kappa shape index (κ3) is 52.2. The summed E-state index contributed by atoms with van der Waals surface area (Å²) in [6, 6.07) is 97.5. The Bertz CT molecular complexity index is 5550. The Kier molecular flexibility index (Phi) is 68.4. The van der Waals surface area contributed by atoms with E-state index in [0.717, 1.165) is 125 Å². The first-order chi connectivity index (χ1) is 65.2. The van der Waals surface area contributed by atoms with Crippen LogP contribution < -0.4 is 4.90 Å². The zero-order valence-electron chi connectivity index (χ0n) is 82.6. The molecule has 5 aliphatic rings. The van der Waals surface area contributed by atoms with E-state index in [2.05, 4.69) is 198 Å². The summed E-state index contributed by atoms with van der Waals surface area (Å²) in [5.74, 6) is 1.77. The van der Waals surface area contributed by atoms with Gasteiger partial charge in [-0.1, -0.05) is 188 Å². The van der Waals surface area contributed by atoms with Gasteiger partial charge in [-0.25, -0.2) is 0 Å². The summed E-state index contributed by atoms with van der Waals surface area (Å²) in [6.07, 6.45) is 33.1. The second kappa shape index (κ2) is 75.2. The topological polar surface area (TPSA) is 290 Å². The number of nitrogens with zero attached hydrogens (tertiary/aromatic N) is 6. The molecular formula is C118H140Ir5N6O11. The van der Waals surface area contributed by atoms with Crippen molar-refractivity contribution in [1.82, 2.24) is 0 Å². The number of fused-ring (bicyclic) bond motifs is 5. The Morgan fingerprint density at radius 1 is 0.336 bits per heavy atom. The molecular weight excluding hydrogens is 2640 g/mol. The van der Waals surface area contributed by atoms with Crippen LogP contribution in [0.3, 0.4) is 0 Å². The average molecular weight is 2780 g/mol. The van der Waals surface area contributed by atoms with Gasteiger partial charge in [0.05, 0.1) is 111 Å². The van der Waals surface area contributed by atoms with Crippen LogP contribution in [-0.2, 0) is 131 Å². The van der Waals surface area contributed by atoms with Gasteiger partial charge < -0.3 is 55.2 Å². The molecule has 0 fully saturated rings. The van der Waals surface area contributed by atoms with Crippen molar-refractivity contribution in [2.75, 3.05) is 25.2 Å². The fourth-order valence-corrected chi connectivity index (χ4v) is 14.7. The van der Waals surface area contributed by atoms with Crippen LogP contribution >= 0.6 is 0 Å². The standard InChI is InChI=1S/C19H36O2.C17H16N.C16H12NO.C16H14N.C15H13N2.C15H12N.4C5H8O2.5Ir/c1-3-5-7-9-11-13-15-18(20)17-19(21)16-14-12-10-8-6-4-2;1-2-8-14(9-3-1)16-12-6-4-10-15-11-5-7-13-17(15)18-16;18-15-11-10-12-6-4-5-9-14(12)17-16(15)13-7-2-1-3-8-13;1-2-7-13(8-3-1)16-12-6-10-14-9-4-5-11-15(14)17-16;1-17-11-16-15(12-7-3-2-4-8-12)13-9-5-6-10-14(13)17;1-2-7-13(8-3-1)15-14-9-5-4-6-12(14)10-11-16-15;4*1-4(6)3-5(2)7;;;;;/h17,20H,3-16H2,1-2H3;1-3,5,7-8,11,13H,4,6,10,12H2;1-7,9H,10-11H2;1-5,7,9,11H,6,10,12H2;2-7,9-10H,11H2,1H3;1-7,9H,10-11H2;4*3,6H,1-2H3;;;;;/q;5*-1;;;;;;;;;/p+5. The largest absolute Gasteiger partial charge is 0.512 e. The molecule has 0 spiro atoms. The molecule has 17 nitrogen and oxygen atoms in total. The van der Waals surface area contributed by atoms with Crippen molar-refractivity contribution in [3.63, 3.8) is 0 Å². The summed E-state index contributed by atoms with van der Waals surface area (Å²) >= 11 is 0. The maximum Gasteiger partial charge on any atom is 0.319 e. The molecule has 753 valence electrons. The maximum atomic E-state index is 12.1. The van der Waals surface area contributed by atoms with Crippen LogP contribution in [0.5, 0.6) is 0 Å². The summed E-state index contributed by atoms with van der Waals surface area (Å²) < 4.78 is 0. The number of benzene rings is 10. The minimum Gasteiger partial charge on any atom is -0.512 e. The van der Waals surface area contributed by atoms with Gasteiger partial charge in [-0.15, -0.1) is 179 Å². The van der Waals surface area contributed by atoms with E-state index in [9.17, 15) is 14.7 Å². The maximum absolute atomic E-state index is 12.1. The molecule has 15 rings (SSSR count). The van der Waals surface area contributed by atoms with Gasteiger partial charge in [0.1, 0.15) is 11.5 Å². The number of para-hydroxylation sites is 4. The SMILES string of the molecule is CC(=[OH+])C=C(C)O.CC(=[OH+])C=C(C)O.CC(=[OH+])C=C(C)O.CC(=[OH+])C=C(C)O.CCCCCCCCC(=[OH+])C=C(O)CCCCCCCC.CN1CN=C(c2[c-]cccc2)c2ccccc21.O=C1CCc2ccccc2N=C1c1[c-]cccc1.[Ir].[Ir].[Ir].[Ir].[Ir].[c-]1ccccc1C1=NCCc2ccccc21.[c-]1ccccc1C1=Nc2ccccc2CCC1.[c-]1ccccc1C1=Nc2ccccc2CCCC1. The molecule has 10 N–H and O–H groups in total. The van der Waals surface area contributed by atoms with Crippen molar-refractivity contribution in [1.29, 1.82) is 0 Å². The Balaban J connectivity index is 0.000000791. The monoisotopic (exact) mass is 2780 g/mol. The van der Waals surface area contributed by atoms with E-state index >= 15 is 0 Å². The molecule has 0 saturated heterocycles. The molecule has 0 bridgehead atoms. The molecule has 0 atom stereocenters.